The summed E-state index contributed by atoms with van der Waals surface area (Å²) < 4.78 is 17.1. The second-order valence-electron chi connectivity index (χ2n) is 6.44. The molecule has 3 aliphatic rings. The Bertz CT molecular complexity index is 572. The minimum Gasteiger partial charge on any atom is -0.504 e. The van der Waals surface area contributed by atoms with Crippen LogP contribution in [0.15, 0.2) is 30.4 Å². The van der Waals surface area contributed by atoms with Gasteiger partial charge in [-0.25, -0.2) is 0 Å². The van der Waals surface area contributed by atoms with Crippen LogP contribution >= 0.6 is 0 Å². The molecule has 112 valence electrons. The summed E-state index contributed by atoms with van der Waals surface area (Å²) in [6, 6.07) is 5.21. The van der Waals surface area contributed by atoms with Crippen molar-refractivity contribution in [2.75, 3.05) is 20.3 Å². The number of benzene rings is 1. The van der Waals surface area contributed by atoms with Gasteiger partial charge in [0.05, 0.1) is 20.3 Å². The fourth-order valence-corrected chi connectivity index (χ4v) is 3.99. The molecule has 0 radical (unpaired) electrons. The maximum absolute atomic E-state index is 9.66. The van der Waals surface area contributed by atoms with Crippen LogP contribution in [-0.4, -0.2) is 25.4 Å². The Kier molecular flexibility index (Phi) is 2.98. The molecule has 1 aromatic rings. The Labute approximate surface area is 124 Å². The van der Waals surface area contributed by atoms with Gasteiger partial charge in [-0.2, -0.15) is 0 Å². The summed E-state index contributed by atoms with van der Waals surface area (Å²) in [6.45, 7) is 1.48. The van der Waals surface area contributed by atoms with Crippen molar-refractivity contribution in [2.24, 2.45) is 17.3 Å². The van der Waals surface area contributed by atoms with Crippen molar-refractivity contribution < 1.29 is 19.3 Å². The van der Waals surface area contributed by atoms with Gasteiger partial charge in [0, 0.05) is 11.0 Å². The van der Waals surface area contributed by atoms with Crippen molar-refractivity contribution in [3.8, 4) is 11.5 Å². The number of fused-ring (bicyclic) bond motifs is 3. The van der Waals surface area contributed by atoms with Gasteiger partial charge < -0.3 is 19.3 Å². The number of hydrogen-bond acceptors (Lipinski definition) is 4. The molecule has 0 aromatic heterocycles. The lowest BCUT2D eigenvalue weighted by Gasteiger charge is -2.41. The van der Waals surface area contributed by atoms with Crippen molar-refractivity contribution >= 4 is 0 Å². The first-order valence-corrected chi connectivity index (χ1v) is 7.49. The summed E-state index contributed by atoms with van der Waals surface area (Å²) in [5, 5.41) is 9.66. The number of ether oxygens (including phenoxy) is 3. The average Bonchev–Trinajstić information content (AvgIpc) is 3.10. The third-order valence-electron chi connectivity index (χ3n) is 5.15. The molecular weight excluding hydrogens is 268 g/mol. The molecule has 1 saturated carbocycles. The molecule has 4 rings (SSSR count). The van der Waals surface area contributed by atoms with E-state index in [2.05, 4.69) is 12.2 Å². The zero-order valence-electron chi connectivity index (χ0n) is 12.1. The van der Waals surface area contributed by atoms with Gasteiger partial charge in [-0.05, 0) is 36.8 Å². The number of rotatable bonds is 2. The highest BCUT2D eigenvalue weighted by molar-refractivity contribution is 5.42. The van der Waals surface area contributed by atoms with Crippen LogP contribution in [0.3, 0.4) is 0 Å². The van der Waals surface area contributed by atoms with Gasteiger partial charge >= 0.3 is 0 Å². The first-order chi connectivity index (χ1) is 10.2. The van der Waals surface area contributed by atoms with E-state index in [-0.39, 0.29) is 17.5 Å². The van der Waals surface area contributed by atoms with Crippen LogP contribution in [0.1, 0.15) is 24.7 Å². The van der Waals surface area contributed by atoms with E-state index in [0.29, 0.717) is 17.6 Å². The molecule has 1 N–H and O–H groups in total. The SMILES string of the molecule is COc1cc(C2OCC3(CO2)C[C@@H]2C=C[C@H]3C2)ccc1O. The Morgan fingerprint density at radius 2 is 2.05 bits per heavy atom. The van der Waals surface area contributed by atoms with Crippen LogP contribution < -0.4 is 4.74 Å². The minimum atomic E-state index is -0.367. The van der Waals surface area contributed by atoms with Crippen molar-refractivity contribution in [3.63, 3.8) is 0 Å². The van der Waals surface area contributed by atoms with Gasteiger partial charge in [0.15, 0.2) is 17.8 Å². The molecule has 4 nitrogen and oxygen atoms in total. The van der Waals surface area contributed by atoms with Gasteiger partial charge in [-0.15, -0.1) is 0 Å². The molecule has 1 heterocycles. The van der Waals surface area contributed by atoms with E-state index in [1.807, 2.05) is 6.07 Å². The normalized spacial score (nSPS) is 37.3. The van der Waals surface area contributed by atoms with Crippen molar-refractivity contribution in [3.05, 3.63) is 35.9 Å². The minimum absolute atomic E-state index is 0.131. The first kappa shape index (κ1) is 13.2. The summed E-state index contributed by atoms with van der Waals surface area (Å²) >= 11 is 0. The fraction of sp³-hybridized carbons (Fsp3) is 0.529. The number of aromatic hydroxyl groups is 1. The van der Waals surface area contributed by atoms with E-state index in [1.165, 1.54) is 20.0 Å². The second kappa shape index (κ2) is 4.75. The van der Waals surface area contributed by atoms with Crippen LogP contribution in [-0.2, 0) is 9.47 Å². The largest absolute Gasteiger partial charge is 0.504 e. The Morgan fingerprint density at radius 3 is 2.67 bits per heavy atom. The highest BCUT2D eigenvalue weighted by Gasteiger charge is 2.51. The monoisotopic (exact) mass is 288 g/mol. The predicted octanol–water partition coefficient (Wildman–Crippen LogP) is 3.03. The number of methoxy groups -OCH3 is 1. The van der Waals surface area contributed by atoms with Crippen molar-refractivity contribution in [1.82, 2.24) is 0 Å². The van der Waals surface area contributed by atoms with Gasteiger partial charge in [-0.1, -0.05) is 18.2 Å². The third-order valence-corrected chi connectivity index (χ3v) is 5.15. The lowest BCUT2D eigenvalue weighted by molar-refractivity contribution is -0.239. The Hall–Kier alpha value is -1.52. The van der Waals surface area contributed by atoms with E-state index in [0.717, 1.165) is 18.8 Å². The molecule has 1 saturated heterocycles. The van der Waals surface area contributed by atoms with Gasteiger partial charge in [-0.3, -0.25) is 0 Å². The molecule has 0 amide bonds. The van der Waals surface area contributed by atoms with Crippen molar-refractivity contribution in [1.29, 1.82) is 0 Å². The molecule has 4 heteroatoms. The molecule has 1 spiro atoms. The molecule has 1 aliphatic heterocycles. The summed E-state index contributed by atoms with van der Waals surface area (Å²) in [5.41, 5.74) is 1.06. The van der Waals surface area contributed by atoms with Crippen LogP contribution in [0, 0.1) is 17.3 Å². The molecule has 2 atom stereocenters. The predicted molar refractivity (Wildman–Crippen MR) is 77.1 cm³/mol. The Balaban J connectivity index is 1.49. The smallest absolute Gasteiger partial charge is 0.183 e. The maximum Gasteiger partial charge on any atom is 0.183 e. The average molecular weight is 288 g/mol. The lowest BCUT2D eigenvalue weighted by Crippen LogP contribution is -2.41. The number of phenolic OH excluding ortho intramolecular Hbond substituents is 1. The molecule has 21 heavy (non-hydrogen) atoms. The maximum atomic E-state index is 9.66. The number of phenols is 1. The number of allylic oxidation sites excluding steroid dienone is 2. The molecule has 2 bridgehead atoms. The van der Waals surface area contributed by atoms with Crippen LogP contribution in [0.5, 0.6) is 11.5 Å². The summed E-state index contributed by atoms with van der Waals surface area (Å²) in [7, 11) is 1.54. The van der Waals surface area contributed by atoms with E-state index >= 15 is 0 Å². The highest BCUT2D eigenvalue weighted by Crippen LogP contribution is 2.54. The standard InChI is InChI=1S/C17H20O4/c1-19-15-7-12(3-5-14(15)18)16-20-9-17(10-21-16)8-11-2-4-13(17)6-11/h2-5,7,11,13,16,18H,6,8-10H2,1H3/t11-,13+,16?,17?/m1/s1. The van der Waals surface area contributed by atoms with Crippen LogP contribution in [0.25, 0.3) is 0 Å². The zero-order valence-corrected chi connectivity index (χ0v) is 12.1. The van der Waals surface area contributed by atoms with Crippen LogP contribution in [0.4, 0.5) is 0 Å². The summed E-state index contributed by atoms with van der Waals surface area (Å²) in [5.74, 6) is 1.90. The van der Waals surface area contributed by atoms with E-state index < -0.39 is 0 Å². The quantitative estimate of drug-likeness (QED) is 0.850. The second-order valence-corrected chi connectivity index (χ2v) is 6.44. The van der Waals surface area contributed by atoms with Crippen LogP contribution in [0.2, 0.25) is 0 Å². The summed E-state index contributed by atoms with van der Waals surface area (Å²) in [6.07, 6.45) is 6.75. The molecule has 0 unspecified atom stereocenters. The molecule has 2 fully saturated rings. The van der Waals surface area contributed by atoms with Crippen molar-refractivity contribution in [2.45, 2.75) is 19.1 Å². The lowest BCUT2D eigenvalue weighted by atomic mass is 9.76. The van der Waals surface area contributed by atoms with Gasteiger partial charge in [0.1, 0.15) is 0 Å². The topological polar surface area (TPSA) is 47.9 Å². The first-order valence-electron chi connectivity index (χ1n) is 7.49. The molecule has 1 aromatic carbocycles. The van der Waals surface area contributed by atoms with E-state index in [9.17, 15) is 5.11 Å². The zero-order chi connectivity index (χ0) is 14.4. The fourth-order valence-electron chi connectivity index (χ4n) is 3.99. The van der Waals surface area contributed by atoms with E-state index in [4.69, 9.17) is 14.2 Å². The Morgan fingerprint density at radius 1 is 1.24 bits per heavy atom. The summed E-state index contributed by atoms with van der Waals surface area (Å²) in [4.78, 5) is 0. The number of hydrogen-bond donors (Lipinski definition) is 1. The highest BCUT2D eigenvalue weighted by atomic mass is 16.7. The van der Waals surface area contributed by atoms with Gasteiger partial charge in [0.25, 0.3) is 0 Å². The third kappa shape index (κ3) is 2.05. The van der Waals surface area contributed by atoms with E-state index in [1.54, 1.807) is 12.1 Å². The molecule has 2 aliphatic carbocycles. The van der Waals surface area contributed by atoms with Gasteiger partial charge in [0.2, 0.25) is 0 Å². The molecular formula is C17H20O4.